The van der Waals surface area contributed by atoms with E-state index < -0.39 is 0 Å². The molecule has 0 aromatic heterocycles. The standard InChI is InChI=1S/C21H21FN2O2/c22-17-6-8-18(9-7-17)24-15-21(13-20(24)26)10-11-23(14-21)19(25)12-16-4-2-1-3-5-16/h1-9H,10-15H2. The van der Waals surface area contributed by atoms with Crippen LogP contribution in [0.1, 0.15) is 18.4 Å². The van der Waals surface area contributed by atoms with Crippen LogP contribution in [0.3, 0.4) is 0 Å². The van der Waals surface area contributed by atoms with Gasteiger partial charge in [0, 0.05) is 37.2 Å². The quantitative estimate of drug-likeness (QED) is 0.852. The second kappa shape index (κ2) is 6.56. The van der Waals surface area contributed by atoms with Gasteiger partial charge in [0.25, 0.3) is 0 Å². The fourth-order valence-corrected chi connectivity index (χ4v) is 4.06. The Hall–Kier alpha value is -2.69. The summed E-state index contributed by atoms with van der Waals surface area (Å²) >= 11 is 0. The van der Waals surface area contributed by atoms with Gasteiger partial charge in [-0.25, -0.2) is 4.39 Å². The van der Waals surface area contributed by atoms with Crippen molar-refractivity contribution in [3.8, 4) is 0 Å². The summed E-state index contributed by atoms with van der Waals surface area (Å²) in [5.41, 5.74) is 1.55. The molecule has 2 aliphatic heterocycles. The van der Waals surface area contributed by atoms with Crippen LogP contribution in [-0.4, -0.2) is 36.3 Å². The highest BCUT2D eigenvalue weighted by atomic mass is 19.1. The highest BCUT2D eigenvalue weighted by Gasteiger charge is 2.48. The molecule has 134 valence electrons. The Morgan fingerprint density at radius 3 is 2.50 bits per heavy atom. The highest BCUT2D eigenvalue weighted by Crippen LogP contribution is 2.42. The van der Waals surface area contributed by atoms with Gasteiger partial charge in [0.05, 0.1) is 6.42 Å². The Balaban J connectivity index is 1.43. The Kier molecular flexibility index (Phi) is 4.23. The molecule has 1 unspecified atom stereocenters. The average Bonchev–Trinajstić information content (AvgIpc) is 3.20. The van der Waals surface area contributed by atoms with Crippen molar-refractivity contribution in [2.45, 2.75) is 19.3 Å². The Labute approximate surface area is 152 Å². The van der Waals surface area contributed by atoms with Gasteiger partial charge in [-0.05, 0) is 36.2 Å². The molecule has 5 heteroatoms. The Morgan fingerprint density at radius 2 is 1.77 bits per heavy atom. The van der Waals surface area contributed by atoms with Crippen LogP contribution in [0.5, 0.6) is 0 Å². The number of hydrogen-bond acceptors (Lipinski definition) is 2. The molecule has 0 saturated carbocycles. The maximum atomic E-state index is 13.1. The monoisotopic (exact) mass is 352 g/mol. The summed E-state index contributed by atoms with van der Waals surface area (Å²) in [6.07, 6.45) is 1.67. The molecule has 2 fully saturated rings. The van der Waals surface area contributed by atoms with Gasteiger partial charge in [-0.2, -0.15) is 0 Å². The molecule has 4 nitrogen and oxygen atoms in total. The molecule has 1 atom stereocenters. The van der Waals surface area contributed by atoms with Gasteiger partial charge in [0.2, 0.25) is 11.8 Å². The number of hydrogen-bond donors (Lipinski definition) is 0. The van der Waals surface area contributed by atoms with E-state index in [9.17, 15) is 14.0 Å². The second-order valence-corrected chi connectivity index (χ2v) is 7.36. The normalized spacial score (nSPS) is 22.4. The van der Waals surface area contributed by atoms with E-state index in [2.05, 4.69) is 0 Å². The number of nitrogens with zero attached hydrogens (tertiary/aromatic N) is 2. The molecule has 2 aromatic rings. The number of likely N-dealkylation sites (tertiary alicyclic amines) is 1. The van der Waals surface area contributed by atoms with Gasteiger partial charge in [0.15, 0.2) is 0 Å². The zero-order valence-electron chi connectivity index (χ0n) is 14.5. The number of benzene rings is 2. The smallest absolute Gasteiger partial charge is 0.227 e. The maximum absolute atomic E-state index is 13.1. The lowest BCUT2D eigenvalue weighted by atomic mass is 9.86. The lowest BCUT2D eigenvalue weighted by Gasteiger charge is -2.24. The van der Waals surface area contributed by atoms with Crippen LogP contribution in [0, 0.1) is 11.2 Å². The van der Waals surface area contributed by atoms with Crippen molar-refractivity contribution in [1.82, 2.24) is 4.90 Å². The Morgan fingerprint density at radius 1 is 1.04 bits per heavy atom. The molecular weight excluding hydrogens is 331 g/mol. The van der Waals surface area contributed by atoms with Gasteiger partial charge < -0.3 is 9.80 Å². The number of halogens is 1. The molecule has 2 saturated heterocycles. The molecule has 0 aliphatic carbocycles. The first-order chi connectivity index (χ1) is 12.5. The molecule has 0 N–H and O–H groups in total. The van der Waals surface area contributed by atoms with E-state index in [1.807, 2.05) is 35.2 Å². The molecule has 1 spiro atoms. The van der Waals surface area contributed by atoms with Crippen LogP contribution in [0.25, 0.3) is 0 Å². The average molecular weight is 352 g/mol. The third kappa shape index (κ3) is 3.21. The van der Waals surface area contributed by atoms with Crippen LogP contribution in [0.15, 0.2) is 54.6 Å². The maximum Gasteiger partial charge on any atom is 0.227 e. The van der Waals surface area contributed by atoms with E-state index in [0.717, 1.165) is 17.7 Å². The fraction of sp³-hybridized carbons (Fsp3) is 0.333. The molecule has 2 heterocycles. The van der Waals surface area contributed by atoms with Crippen molar-refractivity contribution in [1.29, 1.82) is 0 Å². The summed E-state index contributed by atoms with van der Waals surface area (Å²) in [6, 6.07) is 15.7. The molecule has 0 bridgehead atoms. The summed E-state index contributed by atoms with van der Waals surface area (Å²) in [6.45, 7) is 1.89. The van der Waals surface area contributed by atoms with Crippen molar-refractivity contribution in [3.63, 3.8) is 0 Å². The van der Waals surface area contributed by atoms with Gasteiger partial charge in [-0.15, -0.1) is 0 Å². The zero-order valence-corrected chi connectivity index (χ0v) is 14.5. The van der Waals surface area contributed by atoms with Crippen molar-refractivity contribution in [2.24, 2.45) is 5.41 Å². The van der Waals surface area contributed by atoms with Gasteiger partial charge >= 0.3 is 0 Å². The zero-order chi connectivity index (χ0) is 18.1. The van der Waals surface area contributed by atoms with E-state index in [4.69, 9.17) is 0 Å². The first kappa shape index (κ1) is 16.8. The molecule has 2 aromatic carbocycles. The first-order valence-corrected chi connectivity index (χ1v) is 8.92. The van der Waals surface area contributed by atoms with Crippen molar-refractivity contribution >= 4 is 17.5 Å². The number of anilines is 1. The van der Waals surface area contributed by atoms with Crippen LogP contribution < -0.4 is 4.90 Å². The molecular formula is C21H21FN2O2. The molecule has 2 aliphatic rings. The van der Waals surface area contributed by atoms with E-state index in [1.54, 1.807) is 17.0 Å². The van der Waals surface area contributed by atoms with Crippen molar-refractivity contribution < 1.29 is 14.0 Å². The highest BCUT2D eigenvalue weighted by molar-refractivity contribution is 5.96. The lowest BCUT2D eigenvalue weighted by molar-refractivity contribution is -0.130. The summed E-state index contributed by atoms with van der Waals surface area (Å²) in [7, 11) is 0. The number of carbonyl (C=O) groups is 2. The van der Waals surface area contributed by atoms with Gasteiger partial charge in [-0.3, -0.25) is 9.59 Å². The van der Waals surface area contributed by atoms with E-state index >= 15 is 0 Å². The van der Waals surface area contributed by atoms with Crippen molar-refractivity contribution in [2.75, 3.05) is 24.5 Å². The van der Waals surface area contributed by atoms with Crippen LogP contribution in [0.2, 0.25) is 0 Å². The molecule has 4 rings (SSSR count). The van der Waals surface area contributed by atoms with E-state index in [0.29, 0.717) is 32.5 Å². The molecule has 2 amide bonds. The predicted molar refractivity (Wildman–Crippen MR) is 97.1 cm³/mol. The van der Waals surface area contributed by atoms with Gasteiger partial charge in [-0.1, -0.05) is 30.3 Å². The first-order valence-electron chi connectivity index (χ1n) is 8.92. The lowest BCUT2D eigenvalue weighted by Crippen LogP contribution is -2.34. The summed E-state index contributed by atoms with van der Waals surface area (Å²) in [4.78, 5) is 28.7. The predicted octanol–water partition coefficient (Wildman–Crippen LogP) is 3.02. The number of rotatable bonds is 3. The minimum atomic E-state index is -0.311. The third-order valence-electron chi connectivity index (χ3n) is 5.45. The molecule has 26 heavy (non-hydrogen) atoms. The SMILES string of the molecule is O=C(Cc1ccccc1)N1CCC2(CC(=O)N(c3ccc(F)cc3)C2)C1. The minimum absolute atomic E-state index is 0.0500. The number of amides is 2. The van der Waals surface area contributed by atoms with Crippen molar-refractivity contribution in [3.05, 3.63) is 66.0 Å². The largest absolute Gasteiger partial charge is 0.342 e. The van der Waals surface area contributed by atoms with Gasteiger partial charge in [0.1, 0.15) is 5.82 Å². The number of carbonyl (C=O) groups excluding carboxylic acids is 2. The Bertz CT molecular complexity index is 822. The van der Waals surface area contributed by atoms with Crippen LogP contribution in [0.4, 0.5) is 10.1 Å². The summed E-state index contributed by atoms with van der Waals surface area (Å²) < 4.78 is 13.1. The van der Waals surface area contributed by atoms with E-state index in [-0.39, 0.29) is 23.0 Å². The minimum Gasteiger partial charge on any atom is -0.342 e. The molecule has 0 radical (unpaired) electrons. The third-order valence-corrected chi connectivity index (χ3v) is 5.45. The fourth-order valence-electron chi connectivity index (χ4n) is 4.06. The van der Waals surface area contributed by atoms with E-state index in [1.165, 1.54) is 12.1 Å². The summed E-state index contributed by atoms with van der Waals surface area (Å²) in [5.74, 6) is -0.150. The second-order valence-electron chi connectivity index (χ2n) is 7.36. The van der Waals surface area contributed by atoms with Crippen LogP contribution >= 0.6 is 0 Å². The topological polar surface area (TPSA) is 40.6 Å². The van der Waals surface area contributed by atoms with Crippen LogP contribution in [-0.2, 0) is 16.0 Å². The summed E-state index contributed by atoms with van der Waals surface area (Å²) in [5, 5.41) is 0.